The summed E-state index contributed by atoms with van der Waals surface area (Å²) < 4.78 is 5.55. The van der Waals surface area contributed by atoms with Gasteiger partial charge in [0, 0.05) is 0 Å². The van der Waals surface area contributed by atoms with E-state index in [0.717, 1.165) is 0 Å². The highest BCUT2D eigenvalue weighted by molar-refractivity contribution is 6.28. The van der Waals surface area contributed by atoms with E-state index in [1.165, 1.54) is 12.1 Å². The molecule has 0 aliphatic carbocycles. The Balaban J connectivity index is 2.34. The quantitative estimate of drug-likeness (QED) is 0.300. The fraction of sp³-hybridized carbons (Fsp3) is 0.0714. The topological polar surface area (TPSA) is 90.8 Å². The van der Waals surface area contributed by atoms with Crippen molar-refractivity contribution in [2.45, 2.75) is 0 Å². The van der Waals surface area contributed by atoms with E-state index in [4.69, 9.17) is 22.1 Å². The molecular weight excluding hydrogens is 294 g/mol. The molecule has 2 N–H and O–H groups in total. The summed E-state index contributed by atoms with van der Waals surface area (Å²) in [4.78, 5) is 14.5. The molecule has 0 heterocycles. The minimum Gasteiger partial charge on any atom is -0.457 e. The molecule has 0 amide bonds. The van der Waals surface area contributed by atoms with Crippen LogP contribution in [-0.4, -0.2) is 16.6 Å². The van der Waals surface area contributed by atoms with E-state index < -0.39 is 4.92 Å². The zero-order valence-electron chi connectivity index (χ0n) is 10.9. The van der Waals surface area contributed by atoms with Gasteiger partial charge in [0.1, 0.15) is 23.0 Å². The summed E-state index contributed by atoms with van der Waals surface area (Å²) in [5, 5.41) is 11.1. The predicted molar refractivity (Wildman–Crippen MR) is 81.6 cm³/mol. The molecule has 108 valence electrons. The average molecular weight is 306 g/mol. The minimum atomic E-state index is -0.543. The number of alkyl halides is 1. The van der Waals surface area contributed by atoms with Crippen LogP contribution in [0.4, 0.5) is 11.4 Å². The molecule has 2 aromatic rings. The molecule has 0 saturated carbocycles. The lowest BCUT2D eigenvalue weighted by atomic mass is 10.2. The Hall–Kier alpha value is -2.60. The van der Waals surface area contributed by atoms with Crippen molar-refractivity contribution < 1.29 is 9.66 Å². The van der Waals surface area contributed by atoms with Crippen molar-refractivity contribution in [2.75, 3.05) is 5.88 Å². The van der Waals surface area contributed by atoms with Crippen molar-refractivity contribution in [3.63, 3.8) is 0 Å². The lowest BCUT2D eigenvalue weighted by Gasteiger charge is -2.06. The number of amidine groups is 1. The largest absolute Gasteiger partial charge is 0.457 e. The maximum absolute atomic E-state index is 11.1. The number of halogens is 1. The van der Waals surface area contributed by atoms with Crippen LogP contribution in [0.1, 0.15) is 0 Å². The minimum absolute atomic E-state index is 0.000574. The van der Waals surface area contributed by atoms with Crippen LogP contribution in [0.25, 0.3) is 0 Å². The van der Waals surface area contributed by atoms with Crippen molar-refractivity contribution in [1.29, 1.82) is 0 Å². The first-order valence-corrected chi connectivity index (χ1v) is 6.54. The molecule has 2 rings (SSSR count). The Morgan fingerprint density at radius 1 is 1.24 bits per heavy atom. The summed E-state index contributed by atoms with van der Waals surface area (Å²) in [6, 6.07) is 13.3. The van der Waals surface area contributed by atoms with Gasteiger partial charge < -0.3 is 10.5 Å². The number of nitrogens with two attached hydrogens (primary N) is 1. The molecule has 0 bridgehead atoms. The standard InChI is InChI=1S/C14H12ClN3O3/c15-9-14(16)17-12-7-6-11(8-13(12)18(19)20)21-10-4-2-1-3-5-10/h1-8H,9H2,(H2,16,17). The third kappa shape index (κ3) is 3.93. The van der Waals surface area contributed by atoms with Crippen LogP contribution in [0, 0.1) is 10.1 Å². The predicted octanol–water partition coefficient (Wildman–Crippen LogP) is 3.61. The number of para-hydroxylation sites is 1. The van der Waals surface area contributed by atoms with E-state index in [-0.39, 0.29) is 23.1 Å². The molecular formula is C14H12ClN3O3. The number of aliphatic imine (C=N–C) groups is 1. The van der Waals surface area contributed by atoms with Gasteiger partial charge in [-0.1, -0.05) is 18.2 Å². The molecule has 0 atom stereocenters. The molecule has 7 heteroatoms. The molecule has 0 aliphatic heterocycles. The average Bonchev–Trinajstić information content (AvgIpc) is 2.49. The van der Waals surface area contributed by atoms with Crippen LogP contribution in [0.2, 0.25) is 0 Å². The zero-order chi connectivity index (χ0) is 15.2. The first-order valence-electron chi connectivity index (χ1n) is 6.00. The summed E-state index contributed by atoms with van der Waals surface area (Å²) in [5.41, 5.74) is 5.44. The molecule has 2 aromatic carbocycles. The second kappa shape index (κ2) is 6.71. The Morgan fingerprint density at radius 3 is 2.57 bits per heavy atom. The van der Waals surface area contributed by atoms with Crippen LogP contribution >= 0.6 is 11.6 Å². The number of rotatable bonds is 5. The summed E-state index contributed by atoms with van der Waals surface area (Å²) in [7, 11) is 0. The summed E-state index contributed by atoms with van der Waals surface area (Å²) >= 11 is 5.52. The maximum Gasteiger partial charge on any atom is 0.298 e. The van der Waals surface area contributed by atoms with Gasteiger partial charge in [-0.3, -0.25) is 10.1 Å². The fourth-order valence-corrected chi connectivity index (χ4v) is 1.68. The van der Waals surface area contributed by atoms with Crippen LogP contribution in [0.3, 0.4) is 0 Å². The van der Waals surface area contributed by atoms with Gasteiger partial charge in [0.25, 0.3) is 5.69 Å². The number of ether oxygens (including phenoxy) is 1. The Kier molecular flexibility index (Phi) is 4.73. The number of nitro groups is 1. The van der Waals surface area contributed by atoms with Gasteiger partial charge >= 0.3 is 0 Å². The monoisotopic (exact) mass is 305 g/mol. The first kappa shape index (κ1) is 14.8. The molecule has 0 radical (unpaired) electrons. The summed E-state index contributed by atoms with van der Waals surface area (Å²) in [6.45, 7) is 0. The molecule has 0 saturated heterocycles. The first-order chi connectivity index (χ1) is 10.1. The SMILES string of the molecule is NC(CCl)=Nc1ccc(Oc2ccccc2)cc1[N+](=O)[O-]. The smallest absolute Gasteiger partial charge is 0.298 e. The molecule has 0 spiro atoms. The molecule has 21 heavy (non-hydrogen) atoms. The number of benzene rings is 2. The van der Waals surface area contributed by atoms with E-state index in [0.29, 0.717) is 11.5 Å². The van der Waals surface area contributed by atoms with Crippen molar-refractivity contribution in [2.24, 2.45) is 10.7 Å². The van der Waals surface area contributed by atoms with Gasteiger partial charge in [0.05, 0.1) is 16.9 Å². The lowest BCUT2D eigenvalue weighted by Crippen LogP contribution is -2.12. The molecule has 0 aromatic heterocycles. The van der Waals surface area contributed by atoms with E-state index in [1.807, 2.05) is 18.2 Å². The van der Waals surface area contributed by atoms with Crippen molar-refractivity contribution >= 4 is 28.8 Å². The van der Waals surface area contributed by atoms with Crippen LogP contribution < -0.4 is 10.5 Å². The zero-order valence-corrected chi connectivity index (χ0v) is 11.7. The number of nitrogens with zero attached hydrogens (tertiary/aromatic N) is 2. The molecule has 0 aliphatic rings. The van der Waals surface area contributed by atoms with E-state index in [1.54, 1.807) is 18.2 Å². The van der Waals surface area contributed by atoms with Crippen LogP contribution in [0.5, 0.6) is 11.5 Å². The molecule has 0 unspecified atom stereocenters. The second-order valence-electron chi connectivity index (χ2n) is 4.06. The number of hydrogen-bond donors (Lipinski definition) is 1. The second-order valence-corrected chi connectivity index (χ2v) is 4.33. The molecule has 0 fully saturated rings. The van der Waals surface area contributed by atoms with Crippen LogP contribution in [0.15, 0.2) is 53.5 Å². The maximum atomic E-state index is 11.1. The van der Waals surface area contributed by atoms with E-state index in [9.17, 15) is 10.1 Å². The molecule has 6 nitrogen and oxygen atoms in total. The van der Waals surface area contributed by atoms with E-state index in [2.05, 4.69) is 4.99 Å². The fourth-order valence-electron chi connectivity index (χ4n) is 1.62. The van der Waals surface area contributed by atoms with Crippen molar-refractivity contribution in [3.05, 3.63) is 58.6 Å². The van der Waals surface area contributed by atoms with Crippen LogP contribution in [-0.2, 0) is 0 Å². The number of nitro benzene ring substituents is 1. The lowest BCUT2D eigenvalue weighted by molar-refractivity contribution is -0.384. The Morgan fingerprint density at radius 2 is 1.95 bits per heavy atom. The highest BCUT2D eigenvalue weighted by Crippen LogP contribution is 2.33. The van der Waals surface area contributed by atoms with Gasteiger partial charge in [-0.05, 0) is 24.3 Å². The van der Waals surface area contributed by atoms with Crippen molar-refractivity contribution in [3.8, 4) is 11.5 Å². The third-order valence-corrected chi connectivity index (χ3v) is 2.80. The van der Waals surface area contributed by atoms with Gasteiger partial charge in [0.2, 0.25) is 0 Å². The highest BCUT2D eigenvalue weighted by Gasteiger charge is 2.15. The Bertz CT molecular complexity index is 674. The van der Waals surface area contributed by atoms with Gasteiger partial charge in [-0.2, -0.15) is 0 Å². The van der Waals surface area contributed by atoms with E-state index >= 15 is 0 Å². The Labute approximate surface area is 126 Å². The van der Waals surface area contributed by atoms with Gasteiger partial charge in [-0.15, -0.1) is 11.6 Å². The normalized spacial score (nSPS) is 11.2. The number of hydrogen-bond acceptors (Lipinski definition) is 4. The highest BCUT2D eigenvalue weighted by atomic mass is 35.5. The van der Waals surface area contributed by atoms with Gasteiger partial charge in [-0.25, -0.2) is 4.99 Å². The van der Waals surface area contributed by atoms with Gasteiger partial charge in [0.15, 0.2) is 0 Å². The van der Waals surface area contributed by atoms with Crippen molar-refractivity contribution in [1.82, 2.24) is 0 Å². The summed E-state index contributed by atoms with van der Waals surface area (Å²) in [6.07, 6.45) is 0. The third-order valence-electron chi connectivity index (χ3n) is 2.52. The summed E-state index contributed by atoms with van der Waals surface area (Å²) in [5.74, 6) is 1.04.